The molecule has 0 aliphatic carbocycles. The van der Waals surface area contributed by atoms with Gasteiger partial charge in [0.25, 0.3) is 5.91 Å². The standard InChI is InChI=1S/C14H24N4O/c1-9(2)5-4-6-10(3)18-12-8-17-13(15)7-11(12)14(16)19/h7-10,18H,4-6H2,1-3H3,(H2,15,17)(H2,16,19). The highest BCUT2D eigenvalue weighted by atomic mass is 16.1. The number of amides is 1. The Bertz CT molecular complexity index is 431. The Balaban J connectivity index is 2.63. The summed E-state index contributed by atoms with van der Waals surface area (Å²) in [4.78, 5) is 15.3. The van der Waals surface area contributed by atoms with Crippen LogP contribution in [0.5, 0.6) is 0 Å². The molecule has 0 aromatic carbocycles. The lowest BCUT2D eigenvalue weighted by Gasteiger charge is -2.17. The highest BCUT2D eigenvalue weighted by Gasteiger charge is 2.11. The molecule has 1 rings (SSSR count). The van der Waals surface area contributed by atoms with Gasteiger partial charge in [0.2, 0.25) is 0 Å². The van der Waals surface area contributed by atoms with E-state index in [-0.39, 0.29) is 6.04 Å². The number of nitrogens with zero attached hydrogens (tertiary/aromatic N) is 1. The van der Waals surface area contributed by atoms with Crippen molar-refractivity contribution in [2.24, 2.45) is 11.7 Å². The second-order valence-corrected chi connectivity index (χ2v) is 5.39. The number of nitrogens with one attached hydrogen (secondary N) is 1. The van der Waals surface area contributed by atoms with Crippen LogP contribution in [0.25, 0.3) is 0 Å². The molecule has 0 saturated carbocycles. The number of hydrogen-bond acceptors (Lipinski definition) is 4. The number of anilines is 2. The van der Waals surface area contributed by atoms with E-state index in [1.165, 1.54) is 12.5 Å². The van der Waals surface area contributed by atoms with Crippen LogP contribution in [-0.2, 0) is 0 Å². The Morgan fingerprint density at radius 2 is 2.05 bits per heavy atom. The minimum atomic E-state index is -0.494. The summed E-state index contributed by atoms with van der Waals surface area (Å²) in [5.41, 5.74) is 11.9. The van der Waals surface area contributed by atoms with Crippen molar-refractivity contribution in [2.45, 2.75) is 46.1 Å². The van der Waals surface area contributed by atoms with Gasteiger partial charge in [0.1, 0.15) is 5.82 Å². The molecule has 5 N–H and O–H groups in total. The van der Waals surface area contributed by atoms with Gasteiger partial charge in [-0.05, 0) is 25.3 Å². The molecule has 19 heavy (non-hydrogen) atoms. The predicted octanol–water partition coefficient (Wildman–Crippen LogP) is 2.39. The molecule has 5 nitrogen and oxygen atoms in total. The summed E-state index contributed by atoms with van der Waals surface area (Å²) in [5, 5.41) is 3.27. The van der Waals surface area contributed by atoms with Gasteiger partial charge in [-0.2, -0.15) is 0 Å². The highest BCUT2D eigenvalue weighted by molar-refractivity contribution is 5.99. The van der Waals surface area contributed by atoms with Crippen molar-refractivity contribution in [2.75, 3.05) is 11.1 Å². The van der Waals surface area contributed by atoms with Gasteiger partial charge < -0.3 is 16.8 Å². The molecule has 1 atom stereocenters. The molecule has 0 spiro atoms. The molecule has 106 valence electrons. The Hall–Kier alpha value is -1.78. The third-order valence-electron chi connectivity index (χ3n) is 3.01. The molecule has 1 aromatic rings. The first-order valence-corrected chi connectivity index (χ1v) is 6.72. The van der Waals surface area contributed by atoms with Gasteiger partial charge >= 0.3 is 0 Å². The van der Waals surface area contributed by atoms with Crippen LogP contribution in [0.15, 0.2) is 12.3 Å². The summed E-state index contributed by atoms with van der Waals surface area (Å²) >= 11 is 0. The van der Waals surface area contributed by atoms with Crippen molar-refractivity contribution in [1.29, 1.82) is 0 Å². The van der Waals surface area contributed by atoms with Crippen LogP contribution in [0.4, 0.5) is 11.5 Å². The van der Waals surface area contributed by atoms with E-state index in [1.54, 1.807) is 6.20 Å². The summed E-state index contributed by atoms with van der Waals surface area (Å²) in [6.45, 7) is 6.52. The molecule has 0 aliphatic heterocycles. The molecule has 0 aliphatic rings. The fraction of sp³-hybridized carbons (Fsp3) is 0.571. The average molecular weight is 264 g/mol. The smallest absolute Gasteiger partial charge is 0.250 e. The van der Waals surface area contributed by atoms with Gasteiger partial charge in [0.15, 0.2) is 0 Å². The average Bonchev–Trinajstić information content (AvgIpc) is 2.30. The monoisotopic (exact) mass is 264 g/mol. The van der Waals surface area contributed by atoms with Crippen LogP contribution in [0, 0.1) is 5.92 Å². The number of nitrogen functional groups attached to an aromatic ring is 1. The van der Waals surface area contributed by atoms with Crippen molar-refractivity contribution >= 4 is 17.4 Å². The number of carbonyl (C=O) groups is 1. The second kappa shape index (κ2) is 6.97. The van der Waals surface area contributed by atoms with Gasteiger partial charge in [-0.15, -0.1) is 0 Å². The van der Waals surface area contributed by atoms with Crippen LogP contribution < -0.4 is 16.8 Å². The number of rotatable bonds is 7. The Morgan fingerprint density at radius 3 is 2.63 bits per heavy atom. The number of aromatic nitrogens is 1. The zero-order valence-corrected chi connectivity index (χ0v) is 11.9. The van der Waals surface area contributed by atoms with Crippen molar-refractivity contribution in [1.82, 2.24) is 4.98 Å². The summed E-state index contributed by atoms with van der Waals surface area (Å²) in [7, 11) is 0. The molecule has 0 radical (unpaired) electrons. The Kier molecular flexibility index (Phi) is 5.60. The maximum absolute atomic E-state index is 11.4. The number of nitrogens with two attached hydrogens (primary N) is 2. The quantitative estimate of drug-likeness (QED) is 0.704. The Labute approximate surface area is 114 Å². The molecule has 1 unspecified atom stereocenters. The van der Waals surface area contributed by atoms with Crippen molar-refractivity contribution in [3.05, 3.63) is 17.8 Å². The largest absolute Gasteiger partial charge is 0.384 e. The fourth-order valence-electron chi connectivity index (χ4n) is 1.96. The molecule has 0 saturated heterocycles. The van der Waals surface area contributed by atoms with Gasteiger partial charge in [-0.1, -0.05) is 26.7 Å². The van der Waals surface area contributed by atoms with Crippen LogP contribution in [0.3, 0.4) is 0 Å². The van der Waals surface area contributed by atoms with E-state index in [0.717, 1.165) is 12.8 Å². The van der Waals surface area contributed by atoms with Crippen LogP contribution in [0.2, 0.25) is 0 Å². The van der Waals surface area contributed by atoms with E-state index in [4.69, 9.17) is 11.5 Å². The third-order valence-corrected chi connectivity index (χ3v) is 3.01. The maximum Gasteiger partial charge on any atom is 0.250 e. The molecule has 1 heterocycles. The summed E-state index contributed by atoms with van der Waals surface area (Å²) in [5.74, 6) is 0.518. The van der Waals surface area contributed by atoms with Crippen molar-refractivity contribution in [3.63, 3.8) is 0 Å². The molecular formula is C14H24N4O. The van der Waals surface area contributed by atoms with E-state index < -0.39 is 5.91 Å². The summed E-state index contributed by atoms with van der Waals surface area (Å²) < 4.78 is 0. The lowest BCUT2D eigenvalue weighted by Crippen LogP contribution is -2.20. The molecule has 5 heteroatoms. The van der Waals surface area contributed by atoms with Crippen molar-refractivity contribution in [3.8, 4) is 0 Å². The van der Waals surface area contributed by atoms with Gasteiger partial charge in [0, 0.05) is 6.04 Å². The van der Waals surface area contributed by atoms with Gasteiger partial charge in [-0.25, -0.2) is 4.98 Å². The molecular weight excluding hydrogens is 240 g/mol. The van der Waals surface area contributed by atoms with Crippen LogP contribution in [0.1, 0.15) is 50.4 Å². The highest BCUT2D eigenvalue weighted by Crippen LogP contribution is 2.18. The SMILES string of the molecule is CC(C)CCCC(C)Nc1cnc(N)cc1C(N)=O. The molecule has 1 aromatic heterocycles. The number of pyridine rings is 1. The predicted molar refractivity (Wildman–Crippen MR) is 78.9 cm³/mol. The lowest BCUT2D eigenvalue weighted by molar-refractivity contribution is 0.100. The molecule has 0 bridgehead atoms. The Morgan fingerprint density at radius 1 is 1.37 bits per heavy atom. The molecule has 1 amide bonds. The van der Waals surface area contributed by atoms with Crippen molar-refractivity contribution < 1.29 is 4.79 Å². The van der Waals surface area contributed by atoms with Gasteiger partial charge in [-0.3, -0.25) is 4.79 Å². The van der Waals surface area contributed by atoms with E-state index in [0.29, 0.717) is 23.0 Å². The lowest BCUT2D eigenvalue weighted by atomic mass is 10.0. The fourth-order valence-corrected chi connectivity index (χ4v) is 1.96. The van der Waals surface area contributed by atoms with E-state index >= 15 is 0 Å². The summed E-state index contributed by atoms with van der Waals surface area (Å²) in [6.07, 6.45) is 4.96. The normalized spacial score (nSPS) is 12.4. The zero-order chi connectivity index (χ0) is 14.4. The number of hydrogen-bond donors (Lipinski definition) is 3. The van der Waals surface area contributed by atoms with E-state index in [9.17, 15) is 4.79 Å². The summed E-state index contributed by atoms with van der Waals surface area (Å²) in [6, 6.07) is 1.77. The molecule has 0 fully saturated rings. The van der Waals surface area contributed by atoms with Crippen LogP contribution in [-0.4, -0.2) is 16.9 Å². The first-order valence-electron chi connectivity index (χ1n) is 6.72. The first kappa shape index (κ1) is 15.3. The number of primary amides is 1. The van der Waals surface area contributed by atoms with Crippen LogP contribution >= 0.6 is 0 Å². The maximum atomic E-state index is 11.4. The number of carbonyl (C=O) groups excluding carboxylic acids is 1. The minimum absolute atomic E-state index is 0.266. The first-order chi connectivity index (χ1) is 8.90. The third kappa shape index (κ3) is 5.16. The van der Waals surface area contributed by atoms with E-state index in [1.807, 2.05) is 0 Å². The second-order valence-electron chi connectivity index (χ2n) is 5.39. The zero-order valence-electron chi connectivity index (χ0n) is 11.9. The minimum Gasteiger partial charge on any atom is -0.384 e. The van der Waals surface area contributed by atoms with E-state index in [2.05, 4.69) is 31.1 Å². The topological polar surface area (TPSA) is 94.0 Å². The van der Waals surface area contributed by atoms with Gasteiger partial charge in [0.05, 0.1) is 17.4 Å².